The summed E-state index contributed by atoms with van der Waals surface area (Å²) in [4.78, 5) is 4.01. The highest BCUT2D eigenvalue weighted by Gasteiger charge is 2.30. The molecule has 0 bridgehead atoms. The summed E-state index contributed by atoms with van der Waals surface area (Å²) >= 11 is 0. The van der Waals surface area contributed by atoms with E-state index in [0.29, 0.717) is 5.82 Å². The molecule has 0 amide bonds. The second-order valence-corrected chi connectivity index (χ2v) is 4.19. The highest BCUT2D eigenvalue weighted by Crippen LogP contribution is 2.33. The van der Waals surface area contributed by atoms with Crippen LogP contribution in [0.2, 0.25) is 0 Å². The standard InChI is InChI=1S/C9H16N2O3/c1-9(2,3)7(13-4)8-10-6(5-12)14-11-8/h7,12H,5H2,1-4H3. The van der Waals surface area contributed by atoms with Gasteiger partial charge in [0.15, 0.2) is 0 Å². The third kappa shape index (κ3) is 2.30. The van der Waals surface area contributed by atoms with Crippen LogP contribution < -0.4 is 0 Å². The molecule has 0 aliphatic rings. The van der Waals surface area contributed by atoms with Crippen molar-refractivity contribution in [3.05, 3.63) is 11.7 Å². The molecule has 0 aliphatic carbocycles. The Morgan fingerprint density at radius 3 is 2.50 bits per heavy atom. The third-order valence-electron chi connectivity index (χ3n) is 1.88. The highest BCUT2D eigenvalue weighted by atomic mass is 16.5. The lowest BCUT2D eigenvalue weighted by Gasteiger charge is -2.26. The molecule has 5 nitrogen and oxygen atoms in total. The Bertz CT molecular complexity index is 290. The Morgan fingerprint density at radius 1 is 1.50 bits per heavy atom. The van der Waals surface area contributed by atoms with E-state index in [9.17, 15) is 0 Å². The van der Waals surface area contributed by atoms with Gasteiger partial charge >= 0.3 is 0 Å². The maximum Gasteiger partial charge on any atom is 0.252 e. The summed E-state index contributed by atoms with van der Waals surface area (Å²) in [6.45, 7) is 5.83. The summed E-state index contributed by atoms with van der Waals surface area (Å²) in [6.07, 6.45) is -0.230. The van der Waals surface area contributed by atoms with Crippen molar-refractivity contribution >= 4 is 0 Å². The van der Waals surface area contributed by atoms with Crippen molar-refractivity contribution in [2.45, 2.75) is 33.5 Å². The number of hydrogen-bond acceptors (Lipinski definition) is 5. The average molecular weight is 200 g/mol. The molecule has 0 saturated carbocycles. The van der Waals surface area contributed by atoms with Crippen molar-refractivity contribution in [2.24, 2.45) is 5.41 Å². The van der Waals surface area contributed by atoms with E-state index in [2.05, 4.69) is 10.1 Å². The summed E-state index contributed by atoms with van der Waals surface area (Å²) < 4.78 is 10.1. The molecular weight excluding hydrogens is 184 g/mol. The van der Waals surface area contributed by atoms with Crippen LogP contribution in [0.4, 0.5) is 0 Å². The van der Waals surface area contributed by atoms with Crippen LogP contribution in [0.25, 0.3) is 0 Å². The summed E-state index contributed by atoms with van der Waals surface area (Å²) in [5.41, 5.74) is -0.106. The van der Waals surface area contributed by atoms with Gasteiger partial charge in [-0.05, 0) is 5.41 Å². The van der Waals surface area contributed by atoms with Gasteiger partial charge in [0.1, 0.15) is 12.7 Å². The number of aromatic nitrogens is 2. The summed E-state index contributed by atoms with van der Waals surface area (Å²) in [7, 11) is 1.60. The Kier molecular flexibility index (Phi) is 3.23. The Hall–Kier alpha value is -0.940. The fourth-order valence-electron chi connectivity index (χ4n) is 1.29. The van der Waals surface area contributed by atoms with Crippen molar-refractivity contribution in [2.75, 3.05) is 7.11 Å². The zero-order valence-corrected chi connectivity index (χ0v) is 8.94. The SMILES string of the molecule is COC(c1noc(CO)n1)C(C)(C)C. The molecule has 1 rings (SSSR count). The summed E-state index contributed by atoms with van der Waals surface area (Å²) in [6, 6.07) is 0. The lowest BCUT2D eigenvalue weighted by Crippen LogP contribution is -2.21. The minimum absolute atomic E-state index is 0.106. The van der Waals surface area contributed by atoms with Crippen LogP contribution in [-0.4, -0.2) is 22.4 Å². The predicted octanol–water partition coefficient (Wildman–Crippen LogP) is 1.30. The van der Waals surface area contributed by atoms with Crippen molar-refractivity contribution < 1.29 is 14.4 Å². The van der Waals surface area contributed by atoms with Crippen LogP contribution in [0.1, 0.15) is 38.6 Å². The van der Waals surface area contributed by atoms with Gasteiger partial charge in [-0.25, -0.2) is 0 Å². The maximum absolute atomic E-state index is 8.77. The average Bonchev–Trinajstić information content (AvgIpc) is 2.51. The molecule has 1 aromatic rings. The molecule has 1 atom stereocenters. The fraction of sp³-hybridized carbons (Fsp3) is 0.778. The number of ether oxygens (including phenoxy) is 1. The van der Waals surface area contributed by atoms with Gasteiger partial charge < -0.3 is 14.4 Å². The van der Waals surface area contributed by atoms with Gasteiger partial charge in [-0.15, -0.1) is 0 Å². The molecule has 1 N–H and O–H groups in total. The first-order valence-corrected chi connectivity index (χ1v) is 4.45. The Morgan fingerprint density at radius 2 is 2.14 bits per heavy atom. The lowest BCUT2D eigenvalue weighted by molar-refractivity contribution is 0.00718. The fourth-order valence-corrected chi connectivity index (χ4v) is 1.29. The molecule has 14 heavy (non-hydrogen) atoms. The van der Waals surface area contributed by atoms with E-state index in [0.717, 1.165) is 0 Å². The van der Waals surface area contributed by atoms with Crippen molar-refractivity contribution in [1.82, 2.24) is 10.1 Å². The maximum atomic E-state index is 8.77. The minimum atomic E-state index is -0.242. The number of rotatable bonds is 3. The van der Waals surface area contributed by atoms with Gasteiger partial charge in [0, 0.05) is 7.11 Å². The monoisotopic (exact) mass is 200 g/mol. The van der Waals surface area contributed by atoms with E-state index >= 15 is 0 Å². The molecule has 0 aromatic carbocycles. The van der Waals surface area contributed by atoms with Crippen LogP contribution in [-0.2, 0) is 11.3 Å². The van der Waals surface area contributed by atoms with E-state index in [1.807, 2.05) is 20.8 Å². The van der Waals surface area contributed by atoms with Crippen molar-refractivity contribution in [3.63, 3.8) is 0 Å². The minimum Gasteiger partial charge on any atom is -0.387 e. The van der Waals surface area contributed by atoms with Crippen molar-refractivity contribution in [3.8, 4) is 0 Å². The Balaban J connectivity index is 2.90. The summed E-state index contributed by atoms with van der Waals surface area (Å²) in [5.74, 6) is 0.690. The van der Waals surface area contributed by atoms with Crippen LogP contribution in [0.15, 0.2) is 4.52 Å². The smallest absolute Gasteiger partial charge is 0.252 e. The number of aliphatic hydroxyl groups excluding tert-OH is 1. The van der Waals surface area contributed by atoms with Crippen molar-refractivity contribution in [1.29, 1.82) is 0 Å². The number of nitrogens with zero attached hydrogens (tertiary/aromatic N) is 2. The lowest BCUT2D eigenvalue weighted by atomic mass is 9.88. The topological polar surface area (TPSA) is 68.4 Å². The van der Waals surface area contributed by atoms with Crippen LogP contribution >= 0.6 is 0 Å². The number of aliphatic hydroxyl groups is 1. The van der Waals surface area contributed by atoms with E-state index in [-0.39, 0.29) is 24.0 Å². The molecular formula is C9H16N2O3. The third-order valence-corrected chi connectivity index (χ3v) is 1.88. The highest BCUT2D eigenvalue weighted by molar-refractivity contribution is 4.95. The van der Waals surface area contributed by atoms with Gasteiger partial charge in [-0.1, -0.05) is 25.9 Å². The van der Waals surface area contributed by atoms with Crippen LogP contribution in [0.5, 0.6) is 0 Å². The molecule has 5 heteroatoms. The van der Waals surface area contributed by atoms with E-state index in [1.165, 1.54) is 0 Å². The first-order valence-electron chi connectivity index (χ1n) is 4.45. The molecule has 1 unspecified atom stereocenters. The molecule has 0 radical (unpaired) electrons. The quantitative estimate of drug-likeness (QED) is 0.796. The molecule has 0 spiro atoms. The van der Waals surface area contributed by atoms with E-state index in [1.54, 1.807) is 7.11 Å². The zero-order valence-electron chi connectivity index (χ0n) is 8.94. The molecule has 1 aromatic heterocycles. The first kappa shape index (κ1) is 11.1. The second kappa shape index (κ2) is 4.06. The largest absolute Gasteiger partial charge is 0.387 e. The molecule has 0 saturated heterocycles. The molecule has 1 heterocycles. The second-order valence-electron chi connectivity index (χ2n) is 4.19. The van der Waals surface area contributed by atoms with E-state index < -0.39 is 0 Å². The number of methoxy groups -OCH3 is 1. The van der Waals surface area contributed by atoms with Gasteiger partial charge in [0.25, 0.3) is 5.89 Å². The molecule has 0 fully saturated rings. The zero-order chi connectivity index (χ0) is 10.8. The molecule has 80 valence electrons. The normalized spacial score (nSPS) is 14.4. The van der Waals surface area contributed by atoms with E-state index in [4.69, 9.17) is 14.4 Å². The Labute approximate surface area is 83.1 Å². The van der Waals surface area contributed by atoms with Gasteiger partial charge in [0.05, 0.1) is 0 Å². The van der Waals surface area contributed by atoms with Gasteiger partial charge in [-0.2, -0.15) is 4.98 Å². The van der Waals surface area contributed by atoms with Gasteiger partial charge in [-0.3, -0.25) is 0 Å². The summed E-state index contributed by atoms with van der Waals surface area (Å²) in [5, 5.41) is 12.5. The van der Waals surface area contributed by atoms with Crippen LogP contribution in [0, 0.1) is 5.41 Å². The molecule has 0 aliphatic heterocycles. The predicted molar refractivity (Wildman–Crippen MR) is 49.4 cm³/mol. The number of hydrogen-bond donors (Lipinski definition) is 1. The first-order chi connectivity index (χ1) is 6.49. The van der Waals surface area contributed by atoms with Gasteiger partial charge in [0.2, 0.25) is 5.82 Å². The van der Waals surface area contributed by atoms with Crippen LogP contribution in [0.3, 0.4) is 0 Å².